The van der Waals surface area contributed by atoms with Crippen LogP contribution in [0.2, 0.25) is 0 Å². The molecular weight excluding hydrogens is 198 g/mol. The van der Waals surface area contributed by atoms with Crippen molar-refractivity contribution in [1.82, 2.24) is 4.98 Å². The van der Waals surface area contributed by atoms with Crippen molar-refractivity contribution in [3.63, 3.8) is 0 Å². The van der Waals surface area contributed by atoms with Gasteiger partial charge in [-0.1, -0.05) is 23.3 Å². The van der Waals surface area contributed by atoms with Gasteiger partial charge in [0.25, 0.3) is 0 Å². The first kappa shape index (κ1) is 9.41. The predicted molar refractivity (Wildman–Crippen MR) is 59.9 cm³/mol. The molecule has 1 saturated carbocycles. The quantitative estimate of drug-likeness (QED) is 0.706. The highest BCUT2D eigenvalue weighted by molar-refractivity contribution is 8.77. The maximum atomic E-state index is 4.28. The van der Waals surface area contributed by atoms with Crippen LogP contribution >= 0.6 is 21.6 Å². The van der Waals surface area contributed by atoms with Crippen molar-refractivity contribution in [3.8, 4) is 0 Å². The van der Waals surface area contributed by atoms with Gasteiger partial charge in [-0.05, 0) is 42.7 Å². The largest absolute Gasteiger partial charge is 0.249 e. The van der Waals surface area contributed by atoms with E-state index in [1.54, 1.807) is 0 Å². The van der Waals surface area contributed by atoms with E-state index in [1.165, 1.54) is 19.3 Å². The van der Waals surface area contributed by atoms with Gasteiger partial charge in [0.05, 0.1) is 0 Å². The maximum Gasteiger partial charge on any atom is 0.106 e. The molecule has 1 aliphatic carbocycles. The zero-order valence-electron chi connectivity index (χ0n) is 7.69. The smallest absolute Gasteiger partial charge is 0.106 e. The summed E-state index contributed by atoms with van der Waals surface area (Å²) in [6.45, 7) is 2.34. The summed E-state index contributed by atoms with van der Waals surface area (Å²) in [6.07, 6.45) is 5.97. The fourth-order valence-corrected chi connectivity index (χ4v) is 3.93. The third kappa shape index (κ3) is 2.41. The van der Waals surface area contributed by atoms with E-state index in [0.29, 0.717) is 4.75 Å². The molecule has 0 saturated heterocycles. The molecule has 1 aliphatic rings. The van der Waals surface area contributed by atoms with Gasteiger partial charge >= 0.3 is 0 Å². The summed E-state index contributed by atoms with van der Waals surface area (Å²) in [4.78, 5) is 4.28. The van der Waals surface area contributed by atoms with E-state index in [-0.39, 0.29) is 0 Å². The first-order valence-corrected chi connectivity index (χ1v) is 6.70. The van der Waals surface area contributed by atoms with Gasteiger partial charge in [0.1, 0.15) is 5.03 Å². The Balaban J connectivity index is 1.86. The SMILES string of the molecule is CC1(SSc2ccccn2)CCC1. The lowest BCUT2D eigenvalue weighted by Crippen LogP contribution is -2.27. The highest BCUT2D eigenvalue weighted by atomic mass is 33.1. The average Bonchev–Trinajstić information content (AvgIpc) is 2.13. The van der Waals surface area contributed by atoms with Gasteiger partial charge in [0.15, 0.2) is 0 Å². The van der Waals surface area contributed by atoms with Crippen LogP contribution in [0.5, 0.6) is 0 Å². The third-order valence-electron chi connectivity index (χ3n) is 2.38. The van der Waals surface area contributed by atoms with Crippen LogP contribution in [0, 0.1) is 0 Å². The molecule has 1 nitrogen and oxygen atoms in total. The minimum atomic E-state index is 0.516. The molecule has 13 heavy (non-hydrogen) atoms. The van der Waals surface area contributed by atoms with Crippen molar-refractivity contribution in [2.45, 2.75) is 36.0 Å². The van der Waals surface area contributed by atoms with E-state index >= 15 is 0 Å². The molecular formula is C10H13NS2. The molecule has 0 N–H and O–H groups in total. The molecule has 1 heterocycles. The molecule has 0 atom stereocenters. The summed E-state index contributed by atoms with van der Waals surface area (Å²) in [7, 11) is 3.78. The topological polar surface area (TPSA) is 12.9 Å². The molecule has 0 spiro atoms. The van der Waals surface area contributed by atoms with Crippen LogP contribution in [-0.4, -0.2) is 9.73 Å². The predicted octanol–water partition coefficient (Wildman–Crippen LogP) is 3.76. The third-order valence-corrected chi connectivity index (χ3v) is 5.65. The lowest BCUT2D eigenvalue weighted by atomic mass is 9.86. The van der Waals surface area contributed by atoms with Gasteiger partial charge in [-0.3, -0.25) is 0 Å². The van der Waals surface area contributed by atoms with E-state index in [4.69, 9.17) is 0 Å². The van der Waals surface area contributed by atoms with Gasteiger partial charge in [-0.15, -0.1) is 0 Å². The summed E-state index contributed by atoms with van der Waals surface area (Å²) in [6, 6.07) is 6.07. The Morgan fingerprint density at radius 3 is 2.77 bits per heavy atom. The second-order valence-electron chi connectivity index (χ2n) is 3.64. The highest BCUT2D eigenvalue weighted by Gasteiger charge is 2.32. The fraction of sp³-hybridized carbons (Fsp3) is 0.500. The molecule has 1 aromatic heterocycles. The van der Waals surface area contributed by atoms with Crippen molar-refractivity contribution in [3.05, 3.63) is 24.4 Å². The van der Waals surface area contributed by atoms with Gasteiger partial charge in [-0.2, -0.15) is 0 Å². The summed E-state index contributed by atoms with van der Waals surface area (Å²) in [5.41, 5.74) is 0. The van der Waals surface area contributed by atoms with Crippen LogP contribution in [0.25, 0.3) is 0 Å². The molecule has 0 radical (unpaired) electrons. The molecule has 0 bridgehead atoms. The molecule has 1 fully saturated rings. The second kappa shape index (κ2) is 3.93. The number of aromatic nitrogens is 1. The summed E-state index contributed by atoms with van der Waals surface area (Å²) < 4.78 is 0.516. The number of pyridine rings is 1. The van der Waals surface area contributed by atoms with Crippen molar-refractivity contribution >= 4 is 21.6 Å². The first-order valence-electron chi connectivity index (χ1n) is 4.55. The Labute approximate surface area is 87.1 Å². The zero-order chi connectivity index (χ0) is 9.15. The number of nitrogens with zero attached hydrogens (tertiary/aromatic N) is 1. The van der Waals surface area contributed by atoms with Crippen LogP contribution in [0.4, 0.5) is 0 Å². The lowest BCUT2D eigenvalue weighted by Gasteiger charge is -2.36. The molecule has 70 valence electrons. The average molecular weight is 211 g/mol. The summed E-state index contributed by atoms with van der Waals surface area (Å²) in [5, 5.41) is 1.13. The minimum Gasteiger partial charge on any atom is -0.249 e. The van der Waals surface area contributed by atoms with E-state index < -0.39 is 0 Å². The molecule has 1 aromatic rings. The molecule has 3 heteroatoms. The zero-order valence-corrected chi connectivity index (χ0v) is 9.33. The minimum absolute atomic E-state index is 0.516. The molecule has 0 unspecified atom stereocenters. The van der Waals surface area contributed by atoms with Crippen molar-refractivity contribution in [2.75, 3.05) is 0 Å². The van der Waals surface area contributed by atoms with Crippen molar-refractivity contribution in [2.24, 2.45) is 0 Å². The standard InChI is InChI=1S/C10H13NS2/c1-10(6-4-7-10)13-12-9-5-2-3-8-11-9/h2-3,5,8H,4,6-7H2,1H3. The molecule has 2 rings (SSSR count). The Morgan fingerprint density at radius 2 is 2.23 bits per heavy atom. The number of hydrogen-bond acceptors (Lipinski definition) is 3. The molecule has 0 aliphatic heterocycles. The number of hydrogen-bond donors (Lipinski definition) is 0. The van der Waals surface area contributed by atoms with Crippen LogP contribution in [0.1, 0.15) is 26.2 Å². The van der Waals surface area contributed by atoms with E-state index in [2.05, 4.69) is 18.0 Å². The highest BCUT2D eigenvalue weighted by Crippen LogP contribution is 2.50. The van der Waals surface area contributed by atoms with E-state index in [0.717, 1.165) is 5.03 Å². The molecule has 0 amide bonds. The van der Waals surface area contributed by atoms with Crippen LogP contribution in [0.15, 0.2) is 29.4 Å². The fourth-order valence-electron chi connectivity index (χ4n) is 1.30. The number of rotatable bonds is 3. The summed E-state index contributed by atoms with van der Waals surface area (Å²) >= 11 is 0. The lowest BCUT2D eigenvalue weighted by molar-refractivity contribution is 0.395. The maximum absolute atomic E-state index is 4.28. The summed E-state index contributed by atoms with van der Waals surface area (Å²) in [5.74, 6) is 0. The monoisotopic (exact) mass is 211 g/mol. The van der Waals surface area contributed by atoms with Gasteiger partial charge < -0.3 is 0 Å². The Hall–Kier alpha value is -0.150. The van der Waals surface area contributed by atoms with E-state index in [1.807, 2.05) is 39.9 Å². The van der Waals surface area contributed by atoms with Gasteiger partial charge in [0, 0.05) is 10.9 Å². The Kier molecular flexibility index (Phi) is 2.84. The van der Waals surface area contributed by atoms with Gasteiger partial charge in [-0.25, -0.2) is 4.98 Å². The van der Waals surface area contributed by atoms with Crippen LogP contribution in [-0.2, 0) is 0 Å². The van der Waals surface area contributed by atoms with Crippen LogP contribution < -0.4 is 0 Å². The Bertz CT molecular complexity index is 270. The second-order valence-corrected chi connectivity index (χ2v) is 6.38. The van der Waals surface area contributed by atoms with Crippen molar-refractivity contribution < 1.29 is 0 Å². The van der Waals surface area contributed by atoms with E-state index in [9.17, 15) is 0 Å². The Morgan fingerprint density at radius 1 is 1.38 bits per heavy atom. The van der Waals surface area contributed by atoms with Gasteiger partial charge in [0.2, 0.25) is 0 Å². The molecule has 0 aromatic carbocycles. The normalized spacial score (nSPS) is 19.5. The van der Waals surface area contributed by atoms with Crippen molar-refractivity contribution in [1.29, 1.82) is 0 Å². The first-order chi connectivity index (χ1) is 6.29. The van der Waals surface area contributed by atoms with Crippen LogP contribution in [0.3, 0.4) is 0 Å².